The van der Waals surface area contributed by atoms with Gasteiger partial charge in [0.2, 0.25) is 12.7 Å². The van der Waals surface area contributed by atoms with Gasteiger partial charge >= 0.3 is 6.01 Å². The van der Waals surface area contributed by atoms with E-state index in [1.165, 1.54) is 0 Å². The fourth-order valence-electron chi connectivity index (χ4n) is 1.67. The molecule has 1 aliphatic heterocycles. The van der Waals surface area contributed by atoms with Crippen molar-refractivity contribution in [2.45, 2.75) is 13.3 Å². The first-order valence-electron chi connectivity index (χ1n) is 5.84. The summed E-state index contributed by atoms with van der Waals surface area (Å²) in [5, 5.41) is 11.0. The van der Waals surface area contributed by atoms with Crippen molar-refractivity contribution in [3.05, 3.63) is 18.2 Å². The lowest BCUT2D eigenvalue weighted by molar-refractivity contribution is 0.174. The van der Waals surface area contributed by atoms with Gasteiger partial charge in [0, 0.05) is 12.1 Å². The summed E-state index contributed by atoms with van der Waals surface area (Å²) in [4.78, 5) is 0. The van der Waals surface area contributed by atoms with Gasteiger partial charge in [0.15, 0.2) is 11.5 Å². The zero-order valence-corrected chi connectivity index (χ0v) is 9.97. The van der Waals surface area contributed by atoms with Crippen LogP contribution >= 0.6 is 0 Å². The molecule has 3 rings (SSSR count). The van der Waals surface area contributed by atoms with Gasteiger partial charge in [-0.05, 0) is 24.6 Å². The van der Waals surface area contributed by atoms with Crippen LogP contribution in [0.3, 0.4) is 0 Å². The van der Waals surface area contributed by atoms with Crippen molar-refractivity contribution >= 4 is 6.01 Å². The van der Waals surface area contributed by atoms with Crippen molar-refractivity contribution in [2.24, 2.45) is 0 Å². The molecule has 18 heavy (non-hydrogen) atoms. The Balaban J connectivity index is 1.83. The lowest BCUT2D eigenvalue weighted by Crippen LogP contribution is -1.99. The predicted molar refractivity (Wildman–Crippen MR) is 64.6 cm³/mol. The van der Waals surface area contributed by atoms with Crippen molar-refractivity contribution in [1.29, 1.82) is 0 Å². The van der Waals surface area contributed by atoms with E-state index in [-0.39, 0.29) is 6.79 Å². The van der Waals surface area contributed by atoms with Crippen molar-refractivity contribution < 1.29 is 13.9 Å². The number of hydrogen-bond acceptors (Lipinski definition) is 6. The topological polar surface area (TPSA) is 69.4 Å². The molecule has 6 heteroatoms. The van der Waals surface area contributed by atoms with Gasteiger partial charge in [0.1, 0.15) is 0 Å². The highest BCUT2D eigenvalue weighted by Gasteiger charge is 2.16. The Hall–Kier alpha value is -2.24. The van der Waals surface area contributed by atoms with Crippen LogP contribution in [0.5, 0.6) is 11.5 Å². The number of anilines is 1. The molecule has 0 amide bonds. The number of ether oxygens (including phenoxy) is 2. The number of fused-ring (bicyclic) bond motifs is 1. The molecule has 0 spiro atoms. The van der Waals surface area contributed by atoms with Crippen molar-refractivity contribution in [3.8, 4) is 23.0 Å². The van der Waals surface area contributed by atoms with Gasteiger partial charge in [-0.2, -0.15) is 0 Å². The van der Waals surface area contributed by atoms with Crippen LogP contribution in [-0.4, -0.2) is 23.5 Å². The summed E-state index contributed by atoms with van der Waals surface area (Å²) >= 11 is 0. The molecule has 0 aliphatic carbocycles. The SMILES string of the molecule is CCCNc1nnc(-c2ccc3c(c2)OCO3)o1. The van der Waals surface area contributed by atoms with E-state index in [1.54, 1.807) is 0 Å². The van der Waals surface area contributed by atoms with Gasteiger partial charge in [-0.1, -0.05) is 12.0 Å². The lowest BCUT2D eigenvalue weighted by atomic mass is 10.2. The van der Waals surface area contributed by atoms with Gasteiger partial charge in [0.05, 0.1) is 0 Å². The van der Waals surface area contributed by atoms with E-state index in [0.29, 0.717) is 17.7 Å². The van der Waals surface area contributed by atoms with Crippen LogP contribution in [0.1, 0.15) is 13.3 Å². The van der Waals surface area contributed by atoms with E-state index in [4.69, 9.17) is 13.9 Å². The van der Waals surface area contributed by atoms with Crippen molar-refractivity contribution in [2.75, 3.05) is 18.7 Å². The molecule has 1 N–H and O–H groups in total. The third-order valence-electron chi connectivity index (χ3n) is 2.57. The highest BCUT2D eigenvalue weighted by molar-refractivity contribution is 5.60. The molecule has 1 aliphatic rings. The van der Waals surface area contributed by atoms with E-state index in [2.05, 4.69) is 22.4 Å². The molecule has 0 saturated carbocycles. The van der Waals surface area contributed by atoms with Crippen LogP contribution in [0.2, 0.25) is 0 Å². The number of hydrogen-bond donors (Lipinski definition) is 1. The van der Waals surface area contributed by atoms with Crippen LogP contribution in [0.15, 0.2) is 22.6 Å². The number of nitrogens with one attached hydrogen (secondary N) is 1. The van der Waals surface area contributed by atoms with E-state index in [0.717, 1.165) is 24.3 Å². The number of benzene rings is 1. The second kappa shape index (κ2) is 4.56. The quantitative estimate of drug-likeness (QED) is 0.893. The molecule has 0 radical (unpaired) electrons. The van der Waals surface area contributed by atoms with Gasteiger partial charge in [0.25, 0.3) is 0 Å². The first-order valence-corrected chi connectivity index (χ1v) is 5.84. The molecule has 0 fully saturated rings. The standard InChI is InChI=1S/C12H13N3O3/c1-2-5-13-12-15-14-11(18-12)8-3-4-9-10(6-8)17-7-16-9/h3-4,6H,2,5,7H2,1H3,(H,13,15). The monoisotopic (exact) mass is 247 g/mol. The summed E-state index contributed by atoms with van der Waals surface area (Å²) in [5.74, 6) is 1.91. The smallest absolute Gasteiger partial charge is 0.315 e. The molecule has 0 saturated heterocycles. The minimum Gasteiger partial charge on any atom is -0.454 e. The Morgan fingerprint density at radius 3 is 3.00 bits per heavy atom. The molecular formula is C12H13N3O3. The van der Waals surface area contributed by atoms with Crippen LogP contribution in [0.25, 0.3) is 11.5 Å². The maximum Gasteiger partial charge on any atom is 0.315 e. The normalized spacial score (nSPS) is 12.7. The Morgan fingerprint density at radius 1 is 1.22 bits per heavy atom. The maximum atomic E-state index is 5.50. The Labute approximate surface area is 104 Å². The Bertz CT molecular complexity index is 553. The van der Waals surface area contributed by atoms with E-state index in [1.807, 2.05) is 18.2 Å². The van der Waals surface area contributed by atoms with Crippen LogP contribution in [0, 0.1) is 0 Å². The molecule has 94 valence electrons. The minimum absolute atomic E-state index is 0.256. The summed E-state index contributed by atoms with van der Waals surface area (Å²) in [6, 6.07) is 5.97. The second-order valence-electron chi connectivity index (χ2n) is 3.91. The molecule has 0 unspecified atom stereocenters. The maximum absolute atomic E-state index is 5.50. The fourth-order valence-corrected chi connectivity index (χ4v) is 1.67. The van der Waals surface area contributed by atoms with Gasteiger partial charge in [-0.3, -0.25) is 0 Å². The van der Waals surface area contributed by atoms with E-state index in [9.17, 15) is 0 Å². The van der Waals surface area contributed by atoms with Crippen LogP contribution in [0.4, 0.5) is 6.01 Å². The highest BCUT2D eigenvalue weighted by atomic mass is 16.7. The first-order chi connectivity index (χ1) is 8.86. The molecular weight excluding hydrogens is 234 g/mol. The number of aromatic nitrogens is 2. The predicted octanol–water partition coefficient (Wildman–Crippen LogP) is 2.29. The van der Waals surface area contributed by atoms with Crippen LogP contribution in [-0.2, 0) is 0 Å². The van der Waals surface area contributed by atoms with Crippen LogP contribution < -0.4 is 14.8 Å². The summed E-state index contributed by atoms with van der Waals surface area (Å²) in [5.41, 5.74) is 0.816. The zero-order valence-electron chi connectivity index (χ0n) is 9.97. The highest BCUT2D eigenvalue weighted by Crippen LogP contribution is 2.35. The summed E-state index contributed by atoms with van der Waals surface area (Å²) in [6.07, 6.45) is 1.00. The molecule has 2 aromatic rings. The molecule has 0 atom stereocenters. The largest absolute Gasteiger partial charge is 0.454 e. The van der Waals surface area contributed by atoms with Gasteiger partial charge < -0.3 is 19.2 Å². The molecule has 1 aromatic heterocycles. The Morgan fingerprint density at radius 2 is 2.11 bits per heavy atom. The van der Waals surface area contributed by atoms with Gasteiger partial charge in [-0.25, -0.2) is 0 Å². The first kappa shape index (κ1) is 10.9. The lowest BCUT2D eigenvalue weighted by Gasteiger charge is -1.98. The summed E-state index contributed by atoms with van der Waals surface area (Å²) < 4.78 is 16.1. The average Bonchev–Trinajstić information content (AvgIpc) is 3.04. The summed E-state index contributed by atoms with van der Waals surface area (Å²) in [6.45, 7) is 3.14. The van der Waals surface area contributed by atoms with E-state index >= 15 is 0 Å². The summed E-state index contributed by atoms with van der Waals surface area (Å²) in [7, 11) is 0. The molecule has 6 nitrogen and oxygen atoms in total. The third kappa shape index (κ3) is 1.97. The third-order valence-corrected chi connectivity index (χ3v) is 2.57. The fraction of sp³-hybridized carbons (Fsp3) is 0.333. The number of rotatable bonds is 4. The van der Waals surface area contributed by atoms with Gasteiger partial charge in [-0.15, -0.1) is 5.10 Å². The minimum atomic E-state index is 0.256. The average molecular weight is 247 g/mol. The Kier molecular flexibility index (Phi) is 2.76. The van der Waals surface area contributed by atoms with E-state index < -0.39 is 0 Å². The molecule has 2 heterocycles. The second-order valence-corrected chi connectivity index (χ2v) is 3.91. The number of nitrogens with zero attached hydrogens (tertiary/aromatic N) is 2. The zero-order chi connectivity index (χ0) is 12.4. The van der Waals surface area contributed by atoms with Crippen molar-refractivity contribution in [3.63, 3.8) is 0 Å². The molecule has 1 aromatic carbocycles. The molecule has 0 bridgehead atoms. The van der Waals surface area contributed by atoms with Crippen molar-refractivity contribution in [1.82, 2.24) is 10.2 Å².